The molecule has 2 heterocycles. The van der Waals surface area contributed by atoms with E-state index in [-0.39, 0.29) is 23.5 Å². The first-order valence-electron chi connectivity index (χ1n) is 9.99. The van der Waals surface area contributed by atoms with Crippen LogP contribution in [0, 0.1) is 5.92 Å². The molecule has 0 aliphatic heterocycles. The van der Waals surface area contributed by atoms with Gasteiger partial charge in [0.2, 0.25) is 5.95 Å². The molecular formula is C21H25N5O2. The Morgan fingerprint density at radius 1 is 1.25 bits per heavy atom. The van der Waals surface area contributed by atoms with Gasteiger partial charge in [0, 0.05) is 18.6 Å². The summed E-state index contributed by atoms with van der Waals surface area (Å²) in [5.74, 6) is 0.312. The number of nitrogens with zero attached hydrogens (tertiary/aromatic N) is 3. The maximum absolute atomic E-state index is 12.9. The molecule has 2 aromatic rings. The van der Waals surface area contributed by atoms with Crippen LogP contribution in [0.4, 0.5) is 0 Å². The number of amides is 1. The van der Waals surface area contributed by atoms with Gasteiger partial charge in [-0.2, -0.15) is 5.10 Å². The van der Waals surface area contributed by atoms with Crippen molar-refractivity contribution < 1.29 is 4.79 Å². The van der Waals surface area contributed by atoms with Gasteiger partial charge in [0.05, 0.1) is 6.04 Å². The van der Waals surface area contributed by atoms with Crippen LogP contribution < -0.4 is 10.9 Å². The number of aromatic nitrogens is 4. The number of H-pyrrole nitrogens is 1. The van der Waals surface area contributed by atoms with E-state index in [9.17, 15) is 9.59 Å². The van der Waals surface area contributed by atoms with Crippen LogP contribution in [-0.2, 0) is 0 Å². The maximum atomic E-state index is 12.9. The van der Waals surface area contributed by atoms with Gasteiger partial charge in [0.1, 0.15) is 5.56 Å². The van der Waals surface area contributed by atoms with Crippen molar-refractivity contribution in [3.05, 3.63) is 64.4 Å². The minimum Gasteiger partial charge on any atom is -0.345 e. The van der Waals surface area contributed by atoms with Crippen molar-refractivity contribution in [2.45, 2.75) is 51.0 Å². The van der Waals surface area contributed by atoms with E-state index in [0.29, 0.717) is 5.92 Å². The second-order valence-corrected chi connectivity index (χ2v) is 7.43. The highest BCUT2D eigenvalue weighted by atomic mass is 16.2. The monoisotopic (exact) mass is 379 g/mol. The Labute approximate surface area is 163 Å². The molecule has 0 aromatic carbocycles. The fourth-order valence-electron chi connectivity index (χ4n) is 4.08. The van der Waals surface area contributed by atoms with Crippen molar-refractivity contribution >= 4 is 5.91 Å². The summed E-state index contributed by atoms with van der Waals surface area (Å²) in [5.41, 5.74) is 0.717. The molecule has 4 rings (SSSR count). The molecule has 0 radical (unpaired) electrons. The summed E-state index contributed by atoms with van der Waals surface area (Å²) in [7, 11) is 0. The molecule has 2 aliphatic carbocycles. The average Bonchev–Trinajstić information content (AvgIpc) is 3.28. The second kappa shape index (κ2) is 8.37. The largest absolute Gasteiger partial charge is 0.345 e. The molecule has 2 aromatic heterocycles. The molecule has 0 spiro atoms. The fourth-order valence-corrected chi connectivity index (χ4v) is 4.08. The van der Waals surface area contributed by atoms with Gasteiger partial charge in [-0.25, -0.2) is 9.67 Å². The van der Waals surface area contributed by atoms with Crippen molar-refractivity contribution in [3.8, 4) is 5.95 Å². The predicted octanol–water partition coefficient (Wildman–Crippen LogP) is 2.91. The summed E-state index contributed by atoms with van der Waals surface area (Å²) in [6.07, 6.45) is 19.0. The zero-order valence-electron chi connectivity index (χ0n) is 15.8. The highest BCUT2D eigenvalue weighted by Gasteiger charge is 2.28. The van der Waals surface area contributed by atoms with Crippen molar-refractivity contribution in [3.63, 3.8) is 0 Å². The van der Waals surface area contributed by atoms with Gasteiger partial charge >= 0.3 is 0 Å². The van der Waals surface area contributed by atoms with E-state index in [1.54, 1.807) is 18.5 Å². The lowest BCUT2D eigenvalue weighted by Crippen LogP contribution is -2.44. The molecule has 0 unspecified atom stereocenters. The SMILES string of the molecule is O=C(N[C@@H](C1=CCCC=C1)C1CCCCC1)c1cnc(-n2cccn2)[nH]c1=O. The number of carbonyl (C=O) groups excluding carboxylic acids is 1. The number of nitrogens with one attached hydrogen (secondary N) is 2. The van der Waals surface area contributed by atoms with E-state index >= 15 is 0 Å². The number of hydrogen-bond acceptors (Lipinski definition) is 4. The third-order valence-corrected chi connectivity index (χ3v) is 5.54. The van der Waals surface area contributed by atoms with Gasteiger partial charge in [-0.1, -0.05) is 37.5 Å². The number of allylic oxidation sites excluding steroid dienone is 2. The van der Waals surface area contributed by atoms with E-state index in [2.05, 4.69) is 38.6 Å². The van der Waals surface area contributed by atoms with Crippen LogP contribution in [0.3, 0.4) is 0 Å². The van der Waals surface area contributed by atoms with E-state index in [0.717, 1.165) is 31.3 Å². The minimum atomic E-state index is -0.464. The Hall–Kier alpha value is -2.96. The molecule has 146 valence electrons. The Morgan fingerprint density at radius 2 is 2.11 bits per heavy atom. The van der Waals surface area contributed by atoms with Crippen molar-refractivity contribution in [1.82, 2.24) is 25.1 Å². The van der Waals surface area contributed by atoms with E-state index in [4.69, 9.17) is 0 Å². The van der Waals surface area contributed by atoms with Gasteiger partial charge in [-0.05, 0) is 43.2 Å². The smallest absolute Gasteiger partial charge is 0.265 e. The molecular weight excluding hydrogens is 354 g/mol. The molecule has 7 heteroatoms. The van der Waals surface area contributed by atoms with Gasteiger partial charge < -0.3 is 5.32 Å². The molecule has 2 N–H and O–H groups in total. The third kappa shape index (κ3) is 3.98. The van der Waals surface area contributed by atoms with Crippen LogP contribution in [0.15, 0.2) is 53.3 Å². The maximum Gasteiger partial charge on any atom is 0.265 e. The van der Waals surface area contributed by atoms with Crippen LogP contribution in [0.5, 0.6) is 0 Å². The Morgan fingerprint density at radius 3 is 2.79 bits per heavy atom. The summed E-state index contributed by atoms with van der Waals surface area (Å²) in [4.78, 5) is 32.2. The lowest BCUT2D eigenvalue weighted by molar-refractivity contribution is 0.0922. The Bertz CT molecular complexity index is 936. The Kier molecular flexibility index (Phi) is 5.50. The molecule has 28 heavy (non-hydrogen) atoms. The first kappa shape index (κ1) is 18.4. The molecule has 1 fully saturated rings. The van der Waals surface area contributed by atoms with Crippen LogP contribution in [0.1, 0.15) is 55.3 Å². The van der Waals surface area contributed by atoms with Crippen molar-refractivity contribution in [2.24, 2.45) is 5.92 Å². The lowest BCUT2D eigenvalue weighted by atomic mass is 9.79. The summed E-state index contributed by atoms with van der Waals surface area (Å²) in [5, 5.41) is 7.17. The van der Waals surface area contributed by atoms with Crippen LogP contribution in [0.2, 0.25) is 0 Å². The summed E-state index contributed by atoms with van der Waals surface area (Å²) in [6.45, 7) is 0. The van der Waals surface area contributed by atoms with Crippen LogP contribution in [-0.4, -0.2) is 31.7 Å². The first-order valence-corrected chi connectivity index (χ1v) is 9.99. The number of rotatable bonds is 5. The van der Waals surface area contributed by atoms with E-state index < -0.39 is 5.56 Å². The molecule has 7 nitrogen and oxygen atoms in total. The highest BCUT2D eigenvalue weighted by Crippen LogP contribution is 2.31. The number of carbonyl (C=O) groups is 1. The molecule has 2 aliphatic rings. The number of hydrogen-bond donors (Lipinski definition) is 2. The lowest BCUT2D eigenvalue weighted by Gasteiger charge is -2.32. The standard InChI is InChI=1S/C21H25N5O2/c27-19(17-14-22-21(25-20(17)28)26-13-7-12-23-26)24-18(15-8-3-1-4-9-15)16-10-5-2-6-11-16/h3,7-9,12-14,16,18H,1-2,4-6,10-11H2,(H,24,27)(H,22,25,28)/t18-/m0/s1. The van der Waals surface area contributed by atoms with Crippen molar-refractivity contribution in [2.75, 3.05) is 0 Å². The van der Waals surface area contributed by atoms with E-state index in [1.807, 2.05) is 0 Å². The van der Waals surface area contributed by atoms with Crippen molar-refractivity contribution in [1.29, 1.82) is 0 Å². The Balaban J connectivity index is 1.56. The molecule has 0 saturated heterocycles. The quantitative estimate of drug-likeness (QED) is 0.835. The summed E-state index contributed by atoms with van der Waals surface area (Å²) in [6, 6.07) is 1.68. The van der Waals surface area contributed by atoms with Gasteiger partial charge in [0.25, 0.3) is 11.5 Å². The molecule has 1 saturated carbocycles. The zero-order valence-corrected chi connectivity index (χ0v) is 15.8. The van der Waals surface area contributed by atoms with Gasteiger partial charge in [0.15, 0.2) is 0 Å². The summed E-state index contributed by atoms with van der Waals surface area (Å²) >= 11 is 0. The molecule has 0 bridgehead atoms. The third-order valence-electron chi connectivity index (χ3n) is 5.54. The topological polar surface area (TPSA) is 92.7 Å². The predicted molar refractivity (Wildman–Crippen MR) is 106 cm³/mol. The van der Waals surface area contributed by atoms with Crippen LogP contribution in [0.25, 0.3) is 5.95 Å². The summed E-state index contributed by atoms with van der Waals surface area (Å²) < 4.78 is 1.45. The fraction of sp³-hybridized carbons (Fsp3) is 0.429. The average molecular weight is 379 g/mol. The molecule has 1 amide bonds. The normalized spacial score (nSPS) is 18.5. The van der Waals surface area contributed by atoms with Gasteiger partial charge in [-0.15, -0.1) is 0 Å². The minimum absolute atomic E-state index is 0.0251. The first-order chi connectivity index (χ1) is 13.7. The highest BCUT2D eigenvalue weighted by molar-refractivity contribution is 5.94. The molecule has 1 atom stereocenters. The number of aromatic amines is 1. The van der Waals surface area contributed by atoms with Crippen LogP contribution >= 0.6 is 0 Å². The zero-order chi connectivity index (χ0) is 19.3. The van der Waals surface area contributed by atoms with E-state index in [1.165, 1.54) is 30.1 Å². The van der Waals surface area contributed by atoms with Gasteiger partial charge in [-0.3, -0.25) is 14.6 Å². The second-order valence-electron chi connectivity index (χ2n) is 7.43.